The highest BCUT2D eigenvalue weighted by molar-refractivity contribution is 5.27. The lowest BCUT2D eigenvalue weighted by atomic mass is 9.86. The zero-order chi connectivity index (χ0) is 15.2. The summed E-state index contributed by atoms with van der Waals surface area (Å²) in [6.07, 6.45) is 2.23. The van der Waals surface area contributed by atoms with Crippen molar-refractivity contribution in [3.63, 3.8) is 0 Å². The van der Waals surface area contributed by atoms with Crippen molar-refractivity contribution in [3.05, 3.63) is 29.8 Å². The molecule has 3 nitrogen and oxygen atoms in total. The van der Waals surface area contributed by atoms with Gasteiger partial charge in [0, 0.05) is 12.1 Å². The number of benzene rings is 1. The van der Waals surface area contributed by atoms with Crippen molar-refractivity contribution in [2.45, 2.75) is 65.1 Å². The summed E-state index contributed by atoms with van der Waals surface area (Å²) in [6.45, 7) is 11.3. The van der Waals surface area contributed by atoms with E-state index in [-0.39, 0.29) is 5.54 Å². The third-order valence-electron chi connectivity index (χ3n) is 3.95. The summed E-state index contributed by atoms with van der Waals surface area (Å²) >= 11 is 0. The fraction of sp³-hybridized carbons (Fsp3) is 0.647. The fourth-order valence-electron chi connectivity index (χ4n) is 1.58. The van der Waals surface area contributed by atoms with E-state index in [0.29, 0.717) is 0 Å². The molecule has 0 atom stereocenters. The Labute approximate surface area is 123 Å². The van der Waals surface area contributed by atoms with Gasteiger partial charge in [-0.2, -0.15) is 0 Å². The number of hydrogen-bond donors (Lipinski definition) is 2. The molecule has 0 saturated carbocycles. The Morgan fingerprint density at radius 1 is 1.10 bits per heavy atom. The molecule has 0 unspecified atom stereocenters. The molecular weight excluding hydrogens is 250 g/mol. The van der Waals surface area contributed by atoms with Crippen molar-refractivity contribution >= 4 is 0 Å². The first kappa shape index (κ1) is 17.0. The van der Waals surface area contributed by atoms with Crippen LogP contribution in [-0.4, -0.2) is 22.9 Å². The van der Waals surface area contributed by atoms with Gasteiger partial charge in [-0.3, -0.25) is 0 Å². The molecule has 3 heteroatoms. The van der Waals surface area contributed by atoms with E-state index in [1.807, 2.05) is 39.8 Å². The Morgan fingerprint density at radius 3 is 2.20 bits per heavy atom. The van der Waals surface area contributed by atoms with E-state index in [1.165, 1.54) is 5.56 Å². The standard InChI is InChI=1S/C17H29NO2/c1-6-7-12-20-15-10-8-14(9-11-15)13-18-16(2,3)17(4,5)19/h8-11,18-19H,6-7,12-13H2,1-5H3. The van der Waals surface area contributed by atoms with E-state index in [9.17, 15) is 5.11 Å². The average Bonchev–Trinajstić information content (AvgIpc) is 2.37. The van der Waals surface area contributed by atoms with E-state index in [4.69, 9.17) is 4.74 Å². The van der Waals surface area contributed by atoms with Crippen molar-refractivity contribution in [1.29, 1.82) is 0 Å². The van der Waals surface area contributed by atoms with Gasteiger partial charge in [0.1, 0.15) is 5.75 Å². The van der Waals surface area contributed by atoms with Gasteiger partial charge in [0.05, 0.1) is 12.2 Å². The Morgan fingerprint density at radius 2 is 1.70 bits per heavy atom. The van der Waals surface area contributed by atoms with Crippen molar-refractivity contribution in [2.24, 2.45) is 0 Å². The summed E-state index contributed by atoms with van der Waals surface area (Å²) < 4.78 is 5.64. The molecule has 20 heavy (non-hydrogen) atoms. The SMILES string of the molecule is CCCCOc1ccc(CNC(C)(C)C(C)(C)O)cc1. The third-order valence-corrected chi connectivity index (χ3v) is 3.95. The first-order valence-corrected chi connectivity index (χ1v) is 7.45. The molecule has 0 radical (unpaired) electrons. The smallest absolute Gasteiger partial charge is 0.119 e. The lowest BCUT2D eigenvalue weighted by Crippen LogP contribution is -2.55. The molecule has 1 aromatic rings. The molecule has 0 aliphatic carbocycles. The minimum absolute atomic E-state index is 0.344. The Balaban J connectivity index is 2.50. The zero-order valence-corrected chi connectivity index (χ0v) is 13.5. The molecular formula is C17H29NO2. The summed E-state index contributed by atoms with van der Waals surface area (Å²) in [5, 5.41) is 13.5. The van der Waals surface area contributed by atoms with Crippen LogP contribution in [0.1, 0.15) is 53.0 Å². The number of hydrogen-bond acceptors (Lipinski definition) is 3. The molecule has 2 N–H and O–H groups in total. The minimum Gasteiger partial charge on any atom is -0.494 e. The van der Waals surface area contributed by atoms with Gasteiger partial charge in [0.25, 0.3) is 0 Å². The molecule has 0 amide bonds. The Kier molecular flexibility index (Phi) is 6.03. The normalized spacial score (nSPS) is 12.5. The second-order valence-electron chi connectivity index (χ2n) is 6.38. The maximum atomic E-state index is 10.1. The highest BCUT2D eigenvalue weighted by atomic mass is 16.5. The average molecular weight is 279 g/mol. The second-order valence-corrected chi connectivity index (χ2v) is 6.38. The first-order valence-electron chi connectivity index (χ1n) is 7.45. The number of rotatable bonds is 8. The fourth-order valence-corrected chi connectivity index (χ4v) is 1.58. The van der Waals surface area contributed by atoms with E-state index < -0.39 is 5.60 Å². The van der Waals surface area contributed by atoms with Crippen LogP contribution in [0.2, 0.25) is 0 Å². The second kappa shape index (κ2) is 7.09. The number of unbranched alkanes of at least 4 members (excludes halogenated alkanes) is 1. The van der Waals surface area contributed by atoms with Crippen LogP contribution in [0.5, 0.6) is 5.75 Å². The van der Waals surface area contributed by atoms with Crippen LogP contribution in [0.15, 0.2) is 24.3 Å². The van der Waals surface area contributed by atoms with Crippen LogP contribution in [-0.2, 0) is 6.54 Å². The highest BCUT2D eigenvalue weighted by Gasteiger charge is 2.34. The van der Waals surface area contributed by atoms with Gasteiger partial charge in [-0.25, -0.2) is 0 Å². The van der Waals surface area contributed by atoms with Gasteiger partial charge in [-0.15, -0.1) is 0 Å². The van der Waals surface area contributed by atoms with Crippen LogP contribution in [0, 0.1) is 0 Å². The molecule has 1 rings (SSSR count). The highest BCUT2D eigenvalue weighted by Crippen LogP contribution is 2.21. The summed E-state index contributed by atoms with van der Waals surface area (Å²) in [5.74, 6) is 0.920. The van der Waals surface area contributed by atoms with Crippen molar-refractivity contribution in [3.8, 4) is 5.75 Å². The molecule has 0 fully saturated rings. The number of ether oxygens (including phenoxy) is 1. The van der Waals surface area contributed by atoms with Crippen LogP contribution in [0.25, 0.3) is 0 Å². The van der Waals surface area contributed by atoms with Gasteiger partial charge < -0.3 is 15.2 Å². The molecule has 0 aliphatic rings. The molecule has 0 bridgehead atoms. The molecule has 0 spiro atoms. The van der Waals surface area contributed by atoms with Gasteiger partial charge in [0.15, 0.2) is 0 Å². The number of aliphatic hydroxyl groups is 1. The van der Waals surface area contributed by atoms with Gasteiger partial charge in [-0.1, -0.05) is 25.5 Å². The van der Waals surface area contributed by atoms with Crippen molar-refractivity contribution < 1.29 is 9.84 Å². The van der Waals surface area contributed by atoms with E-state index in [2.05, 4.69) is 24.4 Å². The van der Waals surface area contributed by atoms with Gasteiger partial charge in [0.2, 0.25) is 0 Å². The van der Waals surface area contributed by atoms with Crippen LogP contribution >= 0.6 is 0 Å². The maximum Gasteiger partial charge on any atom is 0.119 e. The first-order chi connectivity index (χ1) is 9.26. The third kappa shape index (κ3) is 5.14. The Hall–Kier alpha value is -1.06. The van der Waals surface area contributed by atoms with Crippen LogP contribution in [0.4, 0.5) is 0 Å². The molecule has 1 aromatic carbocycles. The molecule has 0 aliphatic heterocycles. The van der Waals surface area contributed by atoms with E-state index in [0.717, 1.165) is 31.7 Å². The maximum absolute atomic E-state index is 10.1. The summed E-state index contributed by atoms with van der Waals surface area (Å²) in [6, 6.07) is 8.14. The molecule has 0 heterocycles. The Bertz CT molecular complexity index is 390. The zero-order valence-electron chi connectivity index (χ0n) is 13.5. The predicted molar refractivity (Wildman–Crippen MR) is 84.1 cm³/mol. The quantitative estimate of drug-likeness (QED) is 0.716. The van der Waals surface area contributed by atoms with Crippen LogP contribution < -0.4 is 10.1 Å². The predicted octanol–water partition coefficient (Wildman–Crippen LogP) is 3.50. The molecule has 114 valence electrons. The summed E-state index contributed by atoms with van der Waals surface area (Å²) in [7, 11) is 0. The van der Waals surface area contributed by atoms with Crippen molar-refractivity contribution in [1.82, 2.24) is 5.32 Å². The van der Waals surface area contributed by atoms with Gasteiger partial charge in [-0.05, 0) is 51.8 Å². The number of nitrogens with one attached hydrogen (secondary N) is 1. The summed E-state index contributed by atoms with van der Waals surface area (Å²) in [5.41, 5.74) is 0.0737. The minimum atomic E-state index is -0.768. The lowest BCUT2D eigenvalue weighted by Gasteiger charge is -2.38. The largest absolute Gasteiger partial charge is 0.494 e. The lowest BCUT2D eigenvalue weighted by molar-refractivity contribution is -0.00532. The van der Waals surface area contributed by atoms with E-state index in [1.54, 1.807) is 0 Å². The van der Waals surface area contributed by atoms with Gasteiger partial charge >= 0.3 is 0 Å². The molecule has 0 aromatic heterocycles. The van der Waals surface area contributed by atoms with Crippen LogP contribution in [0.3, 0.4) is 0 Å². The monoisotopic (exact) mass is 279 g/mol. The van der Waals surface area contributed by atoms with E-state index >= 15 is 0 Å². The topological polar surface area (TPSA) is 41.5 Å². The van der Waals surface area contributed by atoms with Crippen molar-refractivity contribution in [2.75, 3.05) is 6.61 Å². The summed E-state index contributed by atoms with van der Waals surface area (Å²) in [4.78, 5) is 0. The molecule has 0 saturated heterocycles.